The normalized spacial score (nSPS) is 12.6. The number of hydrogen-bond donors (Lipinski definition) is 1. The lowest BCUT2D eigenvalue weighted by Gasteiger charge is -2.17. The van der Waals surface area contributed by atoms with Gasteiger partial charge in [-0.1, -0.05) is 36.4 Å². The molecular formula is C22H11N3O2. The number of hydrogen-bond acceptors (Lipinski definition) is 4. The summed E-state index contributed by atoms with van der Waals surface area (Å²) < 4.78 is 0. The van der Waals surface area contributed by atoms with Crippen molar-refractivity contribution >= 4 is 22.6 Å². The second kappa shape index (κ2) is 5.48. The van der Waals surface area contributed by atoms with Gasteiger partial charge in [-0.05, 0) is 24.3 Å². The summed E-state index contributed by atoms with van der Waals surface area (Å²) in [6.07, 6.45) is 0. The number of nitrogens with zero attached hydrogens (tertiary/aromatic N) is 2. The Kier molecular flexibility index (Phi) is 3.09. The summed E-state index contributed by atoms with van der Waals surface area (Å²) in [5.74, 6) is 0.183. The van der Waals surface area contributed by atoms with Crippen molar-refractivity contribution in [1.29, 1.82) is 5.26 Å². The van der Waals surface area contributed by atoms with Crippen LogP contribution in [0.5, 0.6) is 0 Å². The van der Waals surface area contributed by atoms with E-state index < -0.39 is 0 Å². The molecule has 5 nitrogen and oxygen atoms in total. The number of carbonyl (C=O) groups excluding carboxylic acids is 2. The van der Waals surface area contributed by atoms with Gasteiger partial charge >= 0.3 is 0 Å². The van der Waals surface area contributed by atoms with Crippen LogP contribution in [0, 0.1) is 11.3 Å². The number of fused-ring (bicyclic) bond motifs is 4. The Labute approximate surface area is 153 Å². The smallest absolute Gasteiger partial charge is 0.196 e. The largest absolute Gasteiger partial charge is 0.338 e. The van der Waals surface area contributed by atoms with E-state index in [1.807, 2.05) is 6.07 Å². The SMILES string of the molecule is N#Cc1cccc(-c2nc3c4c(ccc3[nH]2)C(=O)c2ccccc2C4=O)c1. The number of benzene rings is 3. The van der Waals surface area contributed by atoms with Crippen LogP contribution in [0.1, 0.15) is 37.4 Å². The summed E-state index contributed by atoms with van der Waals surface area (Å²) in [5, 5.41) is 9.10. The van der Waals surface area contributed by atoms with Crippen LogP contribution in [-0.2, 0) is 0 Å². The van der Waals surface area contributed by atoms with Gasteiger partial charge in [-0.3, -0.25) is 9.59 Å². The molecule has 0 aliphatic heterocycles. The third-order valence-electron chi connectivity index (χ3n) is 4.81. The highest BCUT2D eigenvalue weighted by Gasteiger charge is 2.32. The summed E-state index contributed by atoms with van der Waals surface area (Å²) >= 11 is 0. The molecule has 0 spiro atoms. The van der Waals surface area contributed by atoms with Crippen LogP contribution in [-0.4, -0.2) is 21.5 Å². The quantitative estimate of drug-likeness (QED) is 0.497. The van der Waals surface area contributed by atoms with E-state index in [0.29, 0.717) is 44.7 Å². The fraction of sp³-hybridized carbons (Fsp3) is 0. The van der Waals surface area contributed by atoms with Gasteiger partial charge in [-0.15, -0.1) is 0 Å². The highest BCUT2D eigenvalue weighted by molar-refractivity contribution is 6.31. The van der Waals surface area contributed by atoms with E-state index in [9.17, 15) is 9.59 Å². The van der Waals surface area contributed by atoms with E-state index in [2.05, 4.69) is 16.0 Å². The number of nitrogens with one attached hydrogen (secondary N) is 1. The zero-order chi connectivity index (χ0) is 18.5. The number of nitriles is 1. The molecule has 0 saturated heterocycles. The maximum absolute atomic E-state index is 13.1. The first kappa shape index (κ1) is 15.2. The summed E-state index contributed by atoms with van der Waals surface area (Å²) in [6, 6.07) is 19.4. The monoisotopic (exact) mass is 349 g/mol. The van der Waals surface area contributed by atoms with E-state index in [4.69, 9.17) is 5.26 Å². The molecule has 5 rings (SSSR count). The number of rotatable bonds is 1. The number of H-pyrrole nitrogens is 1. The molecule has 3 aromatic carbocycles. The highest BCUT2D eigenvalue weighted by Crippen LogP contribution is 2.33. The van der Waals surface area contributed by atoms with Crippen LogP contribution in [0.25, 0.3) is 22.4 Å². The van der Waals surface area contributed by atoms with Crippen molar-refractivity contribution in [1.82, 2.24) is 9.97 Å². The molecule has 0 fully saturated rings. The average molecular weight is 349 g/mol. The van der Waals surface area contributed by atoms with Gasteiger partial charge in [0.05, 0.1) is 22.7 Å². The van der Waals surface area contributed by atoms with Gasteiger partial charge in [0.25, 0.3) is 0 Å². The van der Waals surface area contributed by atoms with Crippen molar-refractivity contribution in [3.63, 3.8) is 0 Å². The van der Waals surface area contributed by atoms with E-state index in [1.165, 1.54) is 0 Å². The number of aromatic nitrogens is 2. The summed E-state index contributed by atoms with van der Waals surface area (Å²) in [4.78, 5) is 33.7. The summed E-state index contributed by atoms with van der Waals surface area (Å²) in [7, 11) is 0. The minimum absolute atomic E-state index is 0.168. The van der Waals surface area contributed by atoms with Gasteiger partial charge in [0.2, 0.25) is 0 Å². The van der Waals surface area contributed by atoms with Gasteiger partial charge in [-0.2, -0.15) is 5.26 Å². The molecule has 5 heteroatoms. The van der Waals surface area contributed by atoms with E-state index >= 15 is 0 Å². The Morgan fingerprint density at radius 1 is 0.852 bits per heavy atom. The molecule has 0 amide bonds. The number of aromatic amines is 1. The fourth-order valence-corrected chi connectivity index (χ4v) is 3.53. The standard InChI is InChI=1S/C22H11N3O2/c23-11-12-4-3-5-13(10-12)22-24-17-9-8-16-18(19(17)25-22)21(27)15-7-2-1-6-14(15)20(16)26/h1-10H,(H,24,25). The van der Waals surface area contributed by atoms with Crippen molar-refractivity contribution < 1.29 is 9.59 Å². The molecule has 27 heavy (non-hydrogen) atoms. The highest BCUT2D eigenvalue weighted by atomic mass is 16.1. The van der Waals surface area contributed by atoms with Crippen LogP contribution < -0.4 is 0 Å². The maximum atomic E-state index is 13.1. The maximum Gasteiger partial charge on any atom is 0.196 e. The third-order valence-corrected chi connectivity index (χ3v) is 4.81. The van der Waals surface area contributed by atoms with Crippen LogP contribution in [0.15, 0.2) is 60.7 Å². The predicted molar refractivity (Wildman–Crippen MR) is 99.6 cm³/mol. The van der Waals surface area contributed by atoms with E-state index in [-0.39, 0.29) is 11.6 Å². The third kappa shape index (κ3) is 2.14. The van der Waals surface area contributed by atoms with E-state index in [1.54, 1.807) is 54.6 Å². The Bertz CT molecular complexity index is 1330. The molecule has 1 heterocycles. The first-order chi connectivity index (χ1) is 13.2. The van der Waals surface area contributed by atoms with Crippen LogP contribution in [0.2, 0.25) is 0 Å². The van der Waals surface area contributed by atoms with Crippen molar-refractivity contribution in [3.05, 3.63) is 88.5 Å². The summed E-state index contributed by atoms with van der Waals surface area (Å²) in [5.41, 5.74) is 3.93. The van der Waals surface area contributed by atoms with Crippen molar-refractivity contribution in [3.8, 4) is 17.5 Å². The predicted octanol–water partition coefficient (Wildman–Crippen LogP) is 3.88. The van der Waals surface area contributed by atoms with Gasteiger partial charge < -0.3 is 4.98 Å². The molecule has 1 aliphatic rings. The molecule has 0 atom stereocenters. The van der Waals surface area contributed by atoms with Gasteiger partial charge in [0, 0.05) is 22.3 Å². The Morgan fingerprint density at radius 2 is 1.63 bits per heavy atom. The van der Waals surface area contributed by atoms with Crippen LogP contribution in [0.4, 0.5) is 0 Å². The van der Waals surface area contributed by atoms with Gasteiger partial charge in [0.15, 0.2) is 11.6 Å². The molecule has 0 saturated carbocycles. The fourth-order valence-electron chi connectivity index (χ4n) is 3.53. The molecule has 1 N–H and O–H groups in total. The minimum Gasteiger partial charge on any atom is -0.338 e. The number of carbonyl (C=O) groups is 2. The number of ketones is 2. The van der Waals surface area contributed by atoms with Crippen molar-refractivity contribution in [2.24, 2.45) is 0 Å². The zero-order valence-electron chi connectivity index (χ0n) is 14.0. The van der Waals surface area contributed by atoms with Crippen LogP contribution >= 0.6 is 0 Å². The van der Waals surface area contributed by atoms with Gasteiger partial charge in [-0.25, -0.2) is 4.98 Å². The lowest BCUT2D eigenvalue weighted by Crippen LogP contribution is -2.21. The first-order valence-electron chi connectivity index (χ1n) is 8.39. The molecule has 0 bridgehead atoms. The molecule has 126 valence electrons. The molecular weight excluding hydrogens is 338 g/mol. The lowest BCUT2D eigenvalue weighted by atomic mass is 9.83. The summed E-state index contributed by atoms with van der Waals surface area (Å²) in [6.45, 7) is 0. The molecule has 1 aromatic heterocycles. The second-order valence-electron chi connectivity index (χ2n) is 6.37. The second-order valence-corrected chi connectivity index (χ2v) is 6.37. The topological polar surface area (TPSA) is 86.6 Å². The number of imidazole rings is 1. The van der Waals surface area contributed by atoms with Crippen molar-refractivity contribution in [2.75, 3.05) is 0 Å². The molecule has 1 aliphatic carbocycles. The molecule has 4 aromatic rings. The van der Waals surface area contributed by atoms with Gasteiger partial charge in [0.1, 0.15) is 11.3 Å². The molecule has 0 radical (unpaired) electrons. The Morgan fingerprint density at radius 3 is 2.41 bits per heavy atom. The Hall–Kier alpha value is -4.04. The average Bonchev–Trinajstić information content (AvgIpc) is 3.16. The molecule has 0 unspecified atom stereocenters. The lowest BCUT2D eigenvalue weighted by molar-refractivity contribution is 0.0980. The Balaban J connectivity index is 1.75. The zero-order valence-corrected chi connectivity index (χ0v) is 14.0. The first-order valence-corrected chi connectivity index (χ1v) is 8.39. The van der Waals surface area contributed by atoms with E-state index in [0.717, 1.165) is 5.56 Å². The minimum atomic E-state index is -0.199. The van der Waals surface area contributed by atoms with Crippen molar-refractivity contribution in [2.45, 2.75) is 0 Å². The van der Waals surface area contributed by atoms with Crippen LogP contribution in [0.3, 0.4) is 0 Å².